The van der Waals surface area contributed by atoms with Gasteiger partial charge < -0.3 is 29.4 Å². The van der Waals surface area contributed by atoms with E-state index in [4.69, 9.17) is 29.6 Å². The topological polar surface area (TPSA) is 186 Å². The minimum atomic E-state index is -1.41. The molecule has 13 heteroatoms. The predicted molar refractivity (Wildman–Crippen MR) is 105 cm³/mol. The normalized spacial score (nSPS) is 24.5. The molecule has 0 aliphatic carbocycles. The lowest BCUT2D eigenvalue weighted by Crippen LogP contribution is -2.66. The third kappa shape index (κ3) is 6.94. The van der Waals surface area contributed by atoms with Crippen LogP contribution in [-0.4, -0.2) is 72.7 Å². The molecule has 1 aliphatic heterocycles. The van der Waals surface area contributed by atoms with E-state index >= 15 is 0 Å². The Morgan fingerprint density at radius 1 is 1.16 bits per heavy atom. The molecule has 13 nitrogen and oxygen atoms in total. The van der Waals surface area contributed by atoms with Crippen LogP contribution in [0, 0.1) is 0 Å². The Morgan fingerprint density at radius 3 is 2.41 bits per heavy atom. The number of carbonyl (C=O) groups excluding carboxylic acids is 3. The summed E-state index contributed by atoms with van der Waals surface area (Å²) in [6.07, 6.45) is -5.24. The van der Waals surface area contributed by atoms with Crippen molar-refractivity contribution in [1.29, 1.82) is 0 Å². The molecule has 32 heavy (non-hydrogen) atoms. The largest absolute Gasteiger partial charge is 0.480 e. The van der Waals surface area contributed by atoms with Crippen molar-refractivity contribution in [3.05, 3.63) is 46.3 Å². The van der Waals surface area contributed by atoms with E-state index in [-0.39, 0.29) is 12.1 Å². The van der Waals surface area contributed by atoms with Crippen molar-refractivity contribution in [1.82, 2.24) is 5.32 Å². The molecule has 172 valence electrons. The summed E-state index contributed by atoms with van der Waals surface area (Å²) in [5, 5.41) is 14.8. The number of ether oxygens (including phenoxy) is 4. The highest BCUT2D eigenvalue weighted by atomic mass is 16.7. The van der Waals surface area contributed by atoms with Gasteiger partial charge in [0.15, 0.2) is 18.5 Å². The maximum absolute atomic E-state index is 12.7. The van der Waals surface area contributed by atoms with Crippen LogP contribution in [0.15, 0.2) is 35.4 Å². The highest BCUT2D eigenvalue weighted by molar-refractivity contribution is 5.89. The van der Waals surface area contributed by atoms with E-state index in [2.05, 4.69) is 15.3 Å². The van der Waals surface area contributed by atoms with E-state index in [0.29, 0.717) is 0 Å². The van der Waals surface area contributed by atoms with Crippen LogP contribution in [0.2, 0.25) is 0 Å². The number of hydrogen-bond donors (Lipinski definition) is 2. The van der Waals surface area contributed by atoms with E-state index in [1.54, 1.807) is 18.2 Å². The van der Waals surface area contributed by atoms with Crippen LogP contribution in [0.3, 0.4) is 0 Å². The van der Waals surface area contributed by atoms with Gasteiger partial charge in [0.05, 0.1) is 12.1 Å². The number of nitrogens with one attached hydrogen (secondary N) is 1. The average molecular weight is 450 g/mol. The fourth-order valence-electron chi connectivity index (χ4n) is 3.09. The van der Waals surface area contributed by atoms with Crippen LogP contribution in [0.1, 0.15) is 24.2 Å². The Labute approximate surface area is 182 Å². The van der Waals surface area contributed by atoms with Gasteiger partial charge in [-0.05, 0) is 17.7 Å². The van der Waals surface area contributed by atoms with Gasteiger partial charge in [0.25, 0.3) is 0 Å². The van der Waals surface area contributed by atoms with Crippen molar-refractivity contribution in [3.8, 4) is 0 Å². The average Bonchev–Trinajstić information content (AvgIpc) is 2.74. The number of amides is 1. The zero-order chi connectivity index (χ0) is 23.7. The van der Waals surface area contributed by atoms with Crippen molar-refractivity contribution in [3.63, 3.8) is 0 Å². The van der Waals surface area contributed by atoms with Crippen LogP contribution in [0.4, 0.5) is 0 Å². The highest BCUT2D eigenvalue weighted by Gasteiger charge is 2.51. The van der Waals surface area contributed by atoms with Gasteiger partial charge in [-0.3, -0.25) is 9.59 Å². The number of rotatable bonds is 9. The van der Waals surface area contributed by atoms with Gasteiger partial charge in [-0.2, -0.15) is 0 Å². The highest BCUT2D eigenvalue weighted by Crippen LogP contribution is 2.28. The van der Waals surface area contributed by atoms with Crippen LogP contribution in [0.25, 0.3) is 10.4 Å². The molecule has 1 saturated heterocycles. The van der Waals surface area contributed by atoms with Crippen LogP contribution >= 0.6 is 0 Å². The smallest absolute Gasteiger partial charge is 0.338 e. The number of nitrogens with zero attached hydrogens (tertiary/aromatic N) is 3. The summed E-state index contributed by atoms with van der Waals surface area (Å²) in [4.78, 5) is 49.9. The second-order valence-electron chi connectivity index (χ2n) is 6.70. The van der Waals surface area contributed by atoms with Gasteiger partial charge in [0.1, 0.15) is 18.8 Å². The van der Waals surface area contributed by atoms with Gasteiger partial charge >= 0.3 is 17.9 Å². The molecule has 2 N–H and O–H groups in total. The molecule has 0 aromatic heterocycles. The Balaban J connectivity index is 2.43. The fourth-order valence-corrected chi connectivity index (χ4v) is 3.09. The molecule has 1 heterocycles. The zero-order valence-corrected chi connectivity index (χ0v) is 17.2. The van der Waals surface area contributed by atoms with Crippen LogP contribution in [-0.2, 0) is 33.3 Å². The molecular weight excluding hydrogens is 428 g/mol. The molecule has 1 aromatic carbocycles. The van der Waals surface area contributed by atoms with Crippen LogP contribution < -0.4 is 5.32 Å². The van der Waals surface area contributed by atoms with E-state index in [9.17, 15) is 19.2 Å². The van der Waals surface area contributed by atoms with E-state index in [1.165, 1.54) is 19.1 Å². The number of aliphatic carboxylic acids is 1. The maximum atomic E-state index is 12.7. The van der Waals surface area contributed by atoms with Crippen molar-refractivity contribution in [2.75, 3.05) is 13.2 Å². The molecule has 0 saturated carbocycles. The fraction of sp³-hybridized carbons (Fsp3) is 0.474. The molecule has 1 aromatic rings. The number of carbonyl (C=O) groups is 4. The number of carboxylic acids is 1. The Kier molecular flexibility index (Phi) is 8.95. The number of benzene rings is 1. The lowest BCUT2D eigenvalue weighted by Gasteiger charge is -2.44. The first-order valence-electron chi connectivity index (χ1n) is 9.43. The lowest BCUT2D eigenvalue weighted by atomic mass is 9.95. The Morgan fingerprint density at radius 2 is 1.84 bits per heavy atom. The third-order valence-corrected chi connectivity index (χ3v) is 4.27. The summed E-state index contributed by atoms with van der Waals surface area (Å²) >= 11 is 0. The summed E-state index contributed by atoms with van der Waals surface area (Å²) in [5.74, 6) is -3.44. The summed E-state index contributed by atoms with van der Waals surface area (Å²) in [6.45, 7) is 1.12. The van der Waals surface area contributed by atoms with Crippen molar-refractivity contribution in [2.45, 2.75) is 44.5 Å². The summed E-state index contributed by atoms with van der Waals surface area (Å²) in [5.41, 5.74) is 8.90. The molecule has 5 atom stereocenters. The number of hydrogen-bond acceptors (Lipinski definition) is 9. The van der Waals surface area contributed by atoms with Gasteiger partial charge in [-0.15, -0.1) is 0 Å². The molecule has 0 unspecified atom stereocenters. The SMILES string of the molecule is CC(=O)N[C@H]1[C@@H](OCC(=O)O)O[C@H](CN=[N+]=[N-])[C@@H](OC(=O)c2ccccc2)[C@@H]1OC(C)=O. The molecule has 1 amide bonds. The van der Waals surface area contributed by atoms with Gasteiger partial charge in [0.2, 0.25) is 5.91 Å². The third-order valence-electron chi connectivity index (χ3n) is 4.27. The van der Waals surface area contributed by atoms with Crippen LogP contribution in [0.5, 0.6) is 0 Å². The minimum absolute atomic E-state index is 0.192. The van der Waals surface area contributed by atoms with Gasteiger partial charge in [-0.25, -0.2) is 9.59 Å². The standard InChI is InChI=1S/C19H22N4O9/c1-10(24)22-15-17(30-11(2)25)16(32-18(28)12-6-4-3-5-7-12)13(8-21-23-20)31-19(15)29-9-14(26)27/h3-7,13,15-17,19H,8-9H2,1-2H3,(H,22,24)(H,26,27)/t13-,15-,16-,17-,19+/m1/s1. The number of azide groups is 1. The first kappa shape index (κ1) is 24.6. The molecule has 2 rings (SSSR count). The lowest BCUT2D eigenvalue weighted by molar-refractivity contribution is -0.265. The van der Waals surface area contributed by atoms with E-state index in [0.717, 1.165) is 6.92 Å². The molecule has 1 fully saturated rings. The van der Waals surface area contributed by atoms with Crippen molar-refractivity contribution in [2.24, 2.45) is 5.11 Å². The summed E-state index contributed by atoms with van der Waals surface area (Å²) in [6, 6.07) is 6.70. The molecule has 1 aliphatic rings. The quantitative estimate of drug-likeness (QED) is 0.237. The molecule has 0 bridgehead atoms. The van der Waals surface area contributed by atoms with E-state index in [1.807, 2.05) is 0 Å². The number of esters is 2. The van der Waals surface area contributed by atoms with Gasteiger partial charge in [0, 0.05) is 18.8 Å². The Bertz CT molecular complexity index is 888. The first-order chi connectivity index (χ1) is 15.2. The summed E-state index contributed by atoms with van der Waals surface area (Å²) in [7, 11) is 0. The number of carboxylic acid groups (broad SMARTS) is 1. The molecule has 0 radical (unpaired) electrons. The zero-order valence-electron chi connectivity index (χ0n) is 17.2. The molecular formula is C19H22N4O9. The minimum Gasteiger partial charge on any atom is -0.480 e. The Hall–Kier alpha value is -3.67. The second-order valence-corrected chi connectivity index (χ2v) is 6.70. The van der Waals surface area contributed by atoms with Crippen molar-refractivity contribution < 1.29 is 43.2 Å². The molecule has 0 spiro atoms. The van der Waals surface area contributed by atoms with E-state index < -0.39 is 61.1 Å². The first-order valence-corrected chi connectivity index (χ1v) is 9.43. The monoisotopic (exact) mass is 450 g/mol. The summed E-state index contributed by atoms with van der Waals surface area (Å²) < 4.78 is 21.8. The van der Waals surface area contributed by atoms with Gasteiger partial charge in [-0.1, -0.05) is 23.3 Å². The van der Waals surface area contributed by atoms with Crippen molar-refractivity contribution >= 4 is 23.8 Å². The maximum Gasteiger partial charge on any atom is 0.338 e. The second kappa shape index (κ2) is 11.6. The predicted octanol–water partition coefficient (Wildman–Crippen LogP) is 0.785.